The molecule has 4 unspecified atom stereocenters. The largest absolute Gasteiger partial charge is 0.463 e. The summed E-state index contributed by atoms with van der Waals surface area (Å²) in [6.45, 7) is 12.3. The normalized spacial score (nSPS) is 30.5. The van der Waals surface area contributed by atoms with Gasteiger partial charge in [-0.3, -0.25) is 4.79 Å². The second-order valence-corrected chi connectivity index (χ2v) is 8.96. The maximum Gasteiger partial charge on any atom is 0.311 e. The molecule has 21 heavy (non-hydrogen) atoms. The summed E-state index contributed by atoms with van der Waals surface area (Å²) in [4.78, 5) is 12.0. The molecule has 2 aliphatic carbocycles. The van der Waals surface area contributed by atoms with E-state index in [1.165, 1.54) is 25.7 Å². The molecule has 2 aliphatic rings. The van der Waals surface area contributed by atoms with Crippen molar-refractivity contribution in [2.24, 2.45) is 23.2 Å². The lowest BCUT2D eigenvalue weighted by atomic mass is 9.84. The van der Waals surface area contributed by atoms with Crippen LogP contribution < -0.4 is 0 Å². The smallest absolute Gasteiger partial charge is 0.311 e. The number of rotatable bonds is 4. The highest BCUT2D eigenvalue weighted by Gasteiger charge is 2.45. The summed E-state index contributed by atoms with van der Waals surface area (Å²) in [7, 11) is 0. The Labute approximate surface area is 129 Å². The molecule has 4 atom stereocenters. The van der Waals surface area contributed by atoms with E-state index in [0.29, 0.717) is 12.5 Å². The molecule has 3 heteroatoms. The molecule has 0 aromatic rings. The van der Waals surface area contributed by atoms with Crippen LogP contribution in [0.2, 0.25) is 0 Å². The van der Waals surface area contributed by atoms with Gasteiger partial charge in [-0.25, -0.2) is 0 Å². The number of hydrogen-bond donors (Lipinski definition) is 0. The predicted molar refractivity (Wildman–Crippen MR) is 84.0 cm³/mol. The van der Waals surface area contributed by atoms with Crippen molar-refractivity contribution in [3.8, 4) is 0 Å². The molecule has 122 valence electrons. The first-order valence-corrected chi connectivity index (χ1v) is 8.41. The first-order valence-electron chi connectivity index (χ1n) is 8.41. The van der Waals surface area contributed by atoms with Gasteiger partial charge >= 0.3 is 5.97 Å². The van der Waals surface area contributed by atoms with Crippen molar-refractivity contribution >= 4 is 5.97 Å². The first kappa shape index (κ1) is 16.8. The van der Waals surface area contributed by atoms with Crippen LogP contribution in [0.4, 0.5) is 0 Å². The van der Waals surface area contributed by atoms with Crippen molar-refractivity contribution < 1.29 is 14.3 Å². The zero-order valence-corrected chi connectivity index (χ0v) is 14.6. The van der Waals surface area contributed by atoms with Crippen LogP contribution in [0.15, 0.2) is 0 Å². The van der Waals surface area contributed by atoms with Gasteiger partial charge in [0.1, 0.15) is 6.61 Å². The number of hydrogen-bond acceptors (Lipinski definition) is 3. The summed E-state index contributed by atoms with van der Waals surface area (Å²) in [6.07, 6.45) is 5.35. The third-order valence-corrected chi connectivity index (χ3v) is 4.77. The summed E-state index contributed by atoms with van der Waals surface area (Å²) in [5, 5.41) is 0. The molecule has 0 amide bonds. The topological polar surface area (TPSA) is 35.5 Å². The van der Waals surface area contributed by atoms with E-state index in [2.05, 4.69) is 20.8 Å². The van der Waals surface area contributed by atoms with Gasteiger partial charge < -0.3 is 9.47 Å². The summed E-state index contributed by atoms with van der Waals surface area (Å²) in [5.41, 5.74) is -0.637. The Morgan fingerprint density at radius 1 is 1.10 bits per heavy atom. The third kappa shape index (κ3) is 4.45. The number of esters is 1. The van der Waals surface area contributed by atoms with Gasteiger partial charge in [0.2, 0.25) is 0 Å². The molecule has 0 aromatic heterocycles. The summed E-state index contributed by atoms with van der Waals surface area (Å²) < 4.78 is 11.8. The van der Waals surface area contributed by atoms with Gasteiger partial charge in [-0.1, -0.05) is 6.42 Å². The highest BCUT2D eigenvalue weighted by molar-refractivity contribution is 5.75. The molecule has 0 aromatic carbocycles. The zero-order chi connectivity index (χ0) is 15.8. The maximum absolute atomic E-state index is 12.0. The average molecular weight is 296 g/mol. The van der Waals surface area contributed by atoms with Crippen molar-refractivity contribution in [2.75, 3.05) is 6.61 Å². The lowest BCUT2D eigenvalue weighted by Gasteiger charge is -2.35. The van der Waals surface area contributed by atoms with Crippen LogP contribution in [-0.4, -0.2) is 24.3 Å². The van der Waals surface area contributed by atoms with Gasteiger partial charge in [0.15, 0.2) is 0 Å². The zero-order valence-electron chi connectivity index (χ0n) is 14.6. The summed E-state index contributed by atoms with van der Waals surface area (Å²) >= 11 is 0. The van der Waals surface area contributed by atoms with E-state index in [0.717, 1.165) is 11.8 Å². The van der Waals surface area contributed by atoms with Crippen LogP contribution in [0.25, 0.3) is 0 Å². The monoisotopic (exact) mass is 296 g/mol. The fourth-order valence-corrected chi connectivity index (χ4v) is 3.82. The molecule has 3 nitrogen and oxygen atoms in total. The molecule has 0 radical (unpaired) electrons. The van der Waals surface area contributed by atoms with E-state index in [4.69, 9.17) is 9.47 Å². The van der Waals surface area contributed by atoms with Gasteiger partial charge in [0.05, 0.1) is 17.1 Å². The molecular weight excluding hydrogens is 264 g/mol. The van der Waals surface area contributed by atoms with Crippen LogP contribution >= 0.6 is 0 Å². The van der Waals surface area contributed by atoms with Crippen LogP contribution in [0.1, 0.15) is 67.2 Å². The van der Waals surface area contributed by atoms with Crippen LogP contribution in [0, 0.1) is 23.2 Å². The minimum absolute atomic E-state index is 0.0478. The molecular formula is C18H32O3. The lowest BCUT2D eigenvalue weighted by molar-refractivity contribution is -0.166. The standard InChI is InChI=1S/C18H32O3/c1-17(2,3)16(19)20-11-15(21-18(4,5)6)14-10-12-7-8-13(14)9-12/h12-15H,7-11H2,1-6H3. The molecule has 2 rings (SSSR count). The SMILES string of the molecule is CC(C)(C)OC(COC(=O)C(C)(C)C)C1CC2CCC1C2. The van der Waals surface area contributed by atoms with Crippen LogP contribution in [-0.2, 0) is 14.3 Å². The maximum atomic E-state index is 12.0. The second kappa shape index (κ2) is 5.91. The number of carbonyl (C=O) groups excluding carboxylic acids is 1. The Morgan fingerprint density at radius 3 is 2.19 bits per heavy atom. The van der Waals surface area contributed by atoms with Crippen molar-refractivity contribution in [2.45, 2.75) is 78.9 Å². The first-order chi connectivity index (χ1) is 9.56. The Morgan fingerprint density at radius 2 is 1.76 bits per heavy atom. The van der Waals surface area contributed by atoms with Crippen molar-refractivity contribution in [1.82, 2.24) is 0 Å². The van der Waals surface area contributed by atoms with Crippen LogP contribution in [0.3, 0.4) is 0 Å². The minimum Gasteiger partial charge on any atom is -0.463 e. The predicted octanol–water partition coefficient (Wildman–Crippen LogP) is 4.20. The van der Waals surface area contributed by atoms with Gasteiger partial charge in [-0.15, -0.1) is 0 Å². The summed E-state index contributed by atoms with van der Waals surface area (Å²) in [5.74, 6) is 2.09. The highest BCUT2D eigenvalue weighted by Crippen LogP contribution is 2.50. The average Bonchev–Trinajstić information content (AvgIpc) is 2.93. The molecule has 2 saturated carbocycles. The minimum atomic E-state index is -0.443. The van der Waals surface area contributed by atoms with E-state index >= 15 is 0 Å². The van der Waals surface area contributed by atoms with E-state index < -0.39 is 5.41 Å². The van der Waals surface area contributed by atoms with E-state index in [9.17, 15) is 4.79 Å². The van der Waals surface area contributed by atoms with Gasteiger partial charge in [-0.2, -0.15) is 0 Å². The molecule has 0 heterocycles. The number of ether oxygens (including phenoxy) is 2. The van der Waals surface area contributed by atoms with Crippen molar-refractivity contribution in [3.05, 3.63) is 0 Å². The number of carbonyl (C=O) groups is 1. The number of fused-ring (bicyclic) bond motifs is 2. The van der Waals surface area contributed by atoms with E-state index in [1.54, 1.807) is 0 Å². The second-order valence-electron chi connectivity index (χ2n) is 8.96. The van der Waals surface area contributed by atoms with E-state index in [1.807, 2.05) is 20.8 Å². The Balaban J connectivity index is 1.98. The molecule has 2 bridgehead atoms. The molecule has 0 spiro atoms. The lowest BCUT2D eigenvalue weighted by Crippen LogP contribution is -2.40. The molecule has 0 N–H and O–H groups in total. The van der Waals surface area contributed by atoms with E-state index in [-0.39, 0.29) is 17.7 Å². The van der Waals surface area contributed by atoms with Crippen LogP contribution in [0.5, 0.6) is 0 Å². The quantitative estimate of drug-likeness (QED) is 0.730. The molecule has 0 aliphatic heterocycles. The Hall–Kier alpha value is -0.570. The highest BCUT2D eigenvalue weighted by atomic mass is 16.6. The summed E-state index contributed by atoms with van der Waals surface area (Å²) in [6, 6.07) is 0. The Bertz CT molecular complexity index is 375. The Kier molecular flexibility index (Phi) is 4.72. The van der Waals surface area contributed by atoms with Gasteiger partial charge in [0, 0.05) is 0 Å². The van der Waals surface area contributed by atoms with Crippen molar-refractivity contribution in [3.63, 3.8) is 0 Å². The molecule has 0 saturated heterocycles. The fourth-order valence-electron chi connectivity index (χ4n) is 3.82. The fraction of sp³-hybridized carbons (Fsp3) is 0.944. The molecule has 2 fully saturated rings. The van der Waals surface area contributed by atoms with Gasteiger partial charge in [-0.05, 0) is 78.6 Å². The van der Waals surface area contributed by atoms with Gasteiger partial charge in [0.25, 0.3) is 0 Å². The third-order valence-electron chi connectivity index (χ3n) is 4.77. The van der Waals surface area contributed by atoms with Crippen molar-refractivity contribution in [1.29, 1.82) is 0 Å².